The molecule has 0 spiro atoms. The van der Waals surface area contributed by atoms with E-state index < -0.39 is 0 Å². The van der Waals surface area contributed by atoms with Gasteiger partial charge < -0.3 is 18.9 Å². The van der Waals surface area contributed by atoms with Crippen LogP contribution in [0.15, 0.2) is 36.4 Å². The average molecular weight is 325 g/mol. The molecule has 24 heavy (non-hydrogen) atoms. The van der Waals surface area contributed by atoms with Crippen LogP contribution in [-0.4, -0.2) is 27.4 Å². The first-order valence-electron chi connectivity index (χ1n) is 7.75. The van der Waals surface area contributed by atoms with Crippen molar-refractivity contribution in [3.63, 3.8) is 0 Å². The molecule has 3 rings (SSSR count). The van der Waals surface area contributed by atoms with Crippen molar-refractivity contribution in [3.8, 4) is 29.1 Å². The van der Waals surface area contributed by atoms with Crippen LogP contribution in [0, 0.1) is 11.3 Å². The van der Waals surface area contributed by atoms with Crippen LogP contribution < -0.4 is 18.9 Å². The number of ether oxygens (including phenoxy) is 4. The predicted molar refractivity (Wildman–Crippen MR) is 89.0 cm³/mol. The second-order valence-corrected chi connectivity index (χ2v) is 5.47. The molecule has 0 aromatic heterocycles. The summed E-state index contributed by atoms with van der Waals surface area (Å²) in [5.41, 5.74) is 1.86. The van der Waals surface area contributed by atoms with Gasteiger partial charge in [0.05, 0.1) is 26.2 Å². The Bertz CT molecular complexity index is 766. The number of hydrogen-bond acceptors (Lipinski definition) is 5. The smallest absolute Gasteiger partial charge is 0.161 e. The summed E-state index contributed by atoms with van der Waals surface area (Å²) in [5.74, 6) is 2.56. The van der Waals surface area contributed by atoms with Crippen molar-refractivity contribution >= 4 is 0 Å². The lowest BCUT2D eigenvalue weighted by atomic mass is 9.92. The molecule has 5 heteroatoms. The molecule has 1 heterocycles. The maximum absolute atomic E-state index is 9.62. The van der Waals surface area contributed by atoms with Gasteiger partial charge in [-0.05, 0) is 35.7 Å². The monoisotopic (exact) mass is 325 g/mol. The summed E-state index contributed by atoms with van der Waals surface area (Å²) in [7, 11) is 3.23. The summed E-state index contributed by atoms with van der Waals surface area (Å²) in [6.45, 7) is 1.08. The maximum atomic E-state index is 9.62. The Morgan fingerprint density at radius 1 is 1.04 bits per heavy atom. The number of hydrogen-bond donors (Lipinski definition) is 0. The fraction of sp³-hybridized carbons (Fsp3) is 0.316. The lowest BCUT2D eigenvalue weighted by Crippen LogP contribution is -2.15. The fourth-order valence-electron chi connectivity index (χ4n) is 2.76. The van der Waals surface area contributed by atoms with Gasteiger partial charge in [-0.3, -0.25) is 0 Å². The van der Waals surface area contributed by atoms with Crippen molar-refractivity contribution < 1.29 is 18.9 Å². The number of fused-ring (bicyclic) bond motifs is 1. The zero-order valence-corrected chi connectivity index (χ0v) is 13.7. The zero-order valence-electron chi connectivity index (χ0n) is 13.7. The molecule has 2 aromatic carbocycles. The van der Waals surface area contributed by atoms with Gasteiger partial charge in [0.2, 0.25) is 0 Å². The highest BCUT2D eigenvalue weighted by atomic mass is 16.6. The van der Waals surface area contributed by atoms with Crippen LogP contribution in [0.4, 0.5) is 0 Å². The zero-order chi connectivity index (χ0) is 16.9. The summed E-state index contributed by atoms with van der Waals surface area (Å²) < 4.78 is 21.8. The van der Waals surface area contributed by atoms with Crippen LogP contribution in [0.2, 0.25) is 0 Å². The fourth-order valence-corrected chi connectivity index (χ4v) is 2.76. The topological polar surface area (TPSA) is 60.7 Å². The Kier molecular flexibility index (Phi) is 4.76. The normalized spacial score (nSPS) is 13.7. The van der Waals surface area contributed by atoms with E-state index in [0.29, 0.717) is 31.1 Å². The van der Waals surface area contributed by atoms with Gasteiger partial charge in [0.25, 0.3) is 0 Å². The standard InChI is InChI=1S/C19H19NO4/c1-21-16-5-3-14(18(11-16)22-2)9-15(12-20)13-4-6-17-19(10-13)24-8-7-23-17/h3-6,10-11,15H,7-9H2,1-2H3. The third-order valence-corrected chi connectivity index (χ3v) is 4.04. The van der Waals surface area contributed by atoms with E-state index in [1.165, 1.54) is 0 Å². The molecule has 0 N–H and O–H groups in total. The van der Waals surface area contributed by atoms with Gasteiger partial charge >= 0.3 is 0 Å². The number of nitriles is 1. The summed E-state index contributed by atoms with van der Waals surface area (Å²) >= 11 is 0. The molecule has 1 aliphatic rings. The largest absolute Gasteiger partial charge is 0.497 e. The van der Waals surface area contributed by atoms with E-state index in [4.69, 9.17) is 18.9 Å². The van der Waals surface area contributed by atoms with Crippen LogP contribution in [-0.2, 0) is 6.42 Å². The lowest BCUT2D eigenvalue weighted by Gasteiger charge is -2.20. The first-order valence-corrected chi connectivity index (χ1v) is 7.75. The van der Waals surface area contributed by atoms with Crippen LogP contribution in [0.5, 0.6) is 23.0 Å². The molecule has 1 atom stereocenters. The van der Waals surface area contributed by atoms with Crippen molar-refractivity contribution in [3.05, 3.63) is 47.5 Å². The lowest BCUT2D eigenvalue weighted by molar-refractivity contribution is 0.171. The van der Waals surface area contributed by atoms with Crippen LogP contribution in [0.1, 0.15) is 17.0 Å². The minimum absolute atomic E-state index is 0.303. The van der Waals surface area contributed by atoms with Gasteiger partial charge in [-0.15, -0.1) is 0 Å². The van der Waals surface area contributed by atoms with E-state index in [-0.39, 0.29) is 5.92 Å². The second-order valence-electron chi connectivity index (χ2n) is 5.47. The molecule has 1 aliphatic heterocycles. The van der Waals surface area contributed by atoms with Gasteiger partial charge in [-0.2, -0.15) is 5.26 Å². The van der Waals surface area contributed by atoms with E-state index >= 15 is 0 Å². The van der Waals surface area contributed by atoms with E-state index in [9.17, 15) is 5.26 Å². The van der Waals surface area contributed by atoms with Crippen molar-refractivity contribution in [2.75, 3.05) is 27.4 Å². The summed E-state index contributed by atoms with van der Waals surface area (Å²) in [6, 6.07) is 13.7. The first kappa shape index (κ1) is 16.0. The molecule has 0 radical (unpaired) electrons. The molecule has 1 unspecified atom stereocenters. The SMILES string of the molecule is COc1ccc(CC(C#N)c2ccc3c(c2)OCCO3)c(OC)c1. The Balaban J connectivity index is 1.86. The third kappa shape index (κ3) is 3.23. The molecule has 0 amide bonds. The minimum Gasteiger partial charge on any atom is -0.497 e. The van der Waals surface area contributed by atoms with E-state index in [1.807, 2.05) is 36.4 Å². The highest BCUT2D eigenvalue weighted by Gasteiger charge is 2.19. The molecule has 124 valence electrons. The van der Waals surface area contributed by atoms with Crippen LogP contribution in [0.3, 0.4) is 0 Å². The second kappa shape index (κ2) is 7.14. The molecule has 5 nitrogen and oxygen atoms in total. The van der Waals surface area contributed by atoms with E-state index in [1.54, 1.807) is 14.2 Å². The Labute approximate surface area is 141 Å². The van der Waals surface area contributed by atoms with E-state index in [2.05, 4.69) is 6.07 Å². The first-order chi connectivity index (χ1) is 11.7. The van der Waals surface area contributed by atoms with Gasteiger partial charge in [-0.25, -0.2) is 0 Å². The molecule has 0 bridgehead atoms. The summed E-state index contributed by atoms with van der Waals surface area (Å²) in [4.78, 5) is 0. The van der Waals surface area contributed by atoms with Gasteiger partial charge in [0.15, 0.2) is 11.5 Å². The highest BCUT2D eigenvalue weighted by Crippen LogP contribution is 2.35. The molecule has 2 aromatic rings. The molecule has 0 saturated heterocycles. The number of nitrogens with zero attached hydrogens (tertiary/aromatic N) is 1. The average Bonchev–Trinajstić information content (AvgIpc) is 2.65. The highest BCUT2D eigenvalue weighted by molar-refractivity contribution is 5.47. The van der Waals surface area contributed by atoms with Crippen molar-refractivity contribution in [1.82, 2.24) is 0 Å². The predicted octanol–water partition coefficient (Wildman–Crippen LogP) is 3.32. The van der Waals surface area contributed by atoms with Crippen molar-refractivity contribution in [1.29, 1.82) is 5.26 Å². The number of benzene rings is 2. The van der Waals surface area contributed by atoms with Crippen molar-refractivity contribution in [2.45, 2.75) is 12.3 Å². The van der Waals surface area contributed by atoms with Crippen LogP contribution >= 0.6 is 0 Å². The quantitative estimate of drug-likeness (QED) is 0.844. The molecule has 0 aliphatic carbocycles. The van der Waals surface area contributed by atoms with E-state index in [0.717, 1.165) is 22.6 Å². The Hall–Kier alpha value is -2.87. The Morgan fingerprint density at radius 3 is 2.54 bits per heavy atom. The molecule has 0 saturated carbocycles. The third-order valence-electron chi connectivity index (χ3n) is 4.04. The molecule has 0 fully saturated rings. The minimum atomic E-state index is -0.303. The molecular weight excluding hydrogens is 306 g/mol. The summed E-state index contributed by atoms with van der Waals surface area (Å²) in [6.07, 6.45) is 0.545. The number of rotatable bonds is 5. The maximum Gasteiger partial charge on any atom is 0.161 e. The molecular formula is C19H19NO4. The van der Waals surface area contributed by atoms with Gasteiger partial charge in [0, 0.05) is 6.07 Å². The Morgan fingerprint density at radius 2 is 1.83 bits per heavy atom. The van der Waals surface area contributed by atoms with Gasteiger partial charge in [-0.1, -0.05) is 12.1 Å². The van der Waals surface area contributed by atoms with Gasteiger partial charge in [0.1, 0.15) is 24.7 Å². The van der Waals surface area contributed by atoms with Crippen LogP contribution in [0.25, 0.3) is 0 Å². The van der Waals surface area contributed by atoms with Crippen molar-refractivity contribution in [2.24, 2.45) is 0 Å². The summed E-state index contributed by atoms with van der Waals surface area (Å²) in [5, 5.41) is 9.62. The number of methoxy groups -OCH3 is 2.